The summed E-state index contributed by atoms with van der Waals surface area (Å²) < 4.78 is 25.8. The van der Waals surface area contributed by atoms with Crippen molar-refractivity contribution in [3.63, 3.8) is 0 Å². The molecule has 2 nitrogen and oxygen atoms in total. The van der Waals surface area contributed by atoms with Crippen molar-refractivity contribution >= 4 is 17.7 Å². The Bertz CT molecular complexity index is 310. The molecule has 1 aromatic rings. The lowest BCUT2D eigenvalue weighted by atomic mass is 10.3. The third kappa shape index (κ3) is 2.69. The van der Waals surface area contributed by atoms with Crippen molar-refractivity contribution < 1.29 is 13.6 Å². The standard InChI is InChI=1S/C8H7F2NOS/c9-5-2-1-3-6(10)8(5)13-4-7(11)12/h1-3H,4H2,(H2,11,12). The highest BCUT2D eigenvalue weighted by atomic mass is 32.2. The Morgan fingerprint density at radius 3 is 2.38 bits per heavy atom. The van der Waals surface area contributed by atoms with Crippen molar-refractivity contribution in [3.05, 3.63) is 29.8 Å². The summed E-state index contributed by atoms with van der Waals surface area (Å²) in [6.45, 7) is 0. The van der Waals surface area contributed by atoms with Crippen LogP contribution in [0.25, 0.3) is 0 Å². The minimum Gasteiger partial charge on any atom is -0.369 e. The van der Waals surface area contributed by atoms with Crippen LogP contribution in [0.5, 0.6) is 0 Å². The Balaban J connectivity index is 2.81. The average Bonchev–Trinajstić information content (AvgIpc) is 2.03. The van der Waals surface area contributed by atoms with E-state index in [0.29, 0.717) is 0 Å². The number of carbonyl (C=O) groups excluding carboxylic acids is 1. The van der Waals surface area contributed by atoms with Gasteiger partial charge in [-0.3, -0.25) is 4.79 Å². The second kappa shape index (κ2) is 4.23. The number of hydrogen-bond donors (Lipinski definition) is 1. The van der Waals surface area contributed by atoms with Gasteiger partial charge in [0, 0.05) is 0 Å². The maximum atomic E-state index is 12.9. The van der Waals surface area contributed by atoms with Gasteiger partial charge in [0.2, 0.25) is 5.91 Å². The smallest absolute Gasteiger partial charge is 0.227 e. The molecule has 0 heterocycles. The maximum absolute atomic E-state index is 12.9. The first-order valence-electron chi connectivity index (χ1n) is 3.46. The maximum Gasteiger partial charge on any atom is 0.227 e. The number of benzene rings is 1. The Morgan fingerprint density at radius 1 is 1.38 bits per heavy atom. The van der Waals surface area contributed by atoms with Crippen molar-refractivity contribution in [2.45, 2.75) is 4.90 Å². The van der Waals surface area contributed by atoms with Crippen LogP contribution in [0, 0.1) is 11.6 Å². The minimum absolute atomic E-state index is 0.127. The molecule has 0 saturated carbocycles. The van der Waals surface area contributed by atoms with Gasteiger partial charge in [-0.05, 0) is 12.1 Å². The summed E-state index contributed by atoms with van der Waals surface area (Å²) >= 11 is 0.757. The molecule has 0 aliphatic heterocycles. The van der Waals surface area contributed by atoms with Gasteiger partial charge in [0.25, 0.3) is 0 Å². The fourth-order valence-electron chi connectivity index (χ4n) is 0.764. The van der Waals surface area contributed by atoms with Gasteiger partial charge in [-0.25, -0.2) is 8.78 Å². The molecular formula is C8H7F2NOS. The van der Waals surface area contributed by atoms with Crippen LogP contribution in [-0.4, -0.2) is 11.7 Å². The lowest BCUT2D eigenvalue weighted by Crippen LogP contribution is -2.13. The van der Waals surface area contributed by atoms with Crippen molar-refractivity contribution in [3.8, 4) is 0 Å². The predicted molar refractivity (Wildman–Crippen MR) is 46.3 cm³/mol. The Morgan fingerprint density at radius 2 is 1.92 bits per heavy atom. The van der Waals surface area contributed by atoms with E-state index in [1.807, 2.05) is 0 Å². The Labute approximate surface area is 78.1 Å². The van der Waals surface area contributed by atoms with Crippen LogP contribution < -0.4 is 5.73 Å². The lowest BCUT2D eigenvalue weighted by molar-refractivity contribution is -0.115. The van der Waals surface area contributed by atoms with E-state index in [-0.39, 0.29) is 10.6 Å². The molecule has 70 valence electrons. The first-order valence-corrected chi connectivity index (χ1v) is 4.45. The molecule has 1 amide bonds. The van der Waals surface area contributed by atoms with Crippen molar-refractivity contribution in [2.24, 2.45) is 5.73 Å². The van der Waals surface area contributed by atoms with Gasteiger partial charge in [-0.1, -0.05) is 6.07 Å². The largest absolute Gasteiger partial charge is 0.369 e. The molecule has 0 spiro atoms. The highest BCUT2D eigenvalue weighted by Crippen LogP contribution is 2.24. The van der Waals surface area contributed by atoms with Crippen molar-refractivity contribution in [1.29, 1.82) is 0 Å². The molecular weight excluding hydrogens is 196 g/mol. The molecule has 13 heavy (non-hydrogen) atoms. The second-order valence-electron chi connectivity index (χ2n) is 2.31. The van der Waals surface area contributed by atoms with Gasteiger partial charge < -0.3 is 5.73 Å². The number of hydrogen-bond acceptors (Lipinski definition) is 2. The van der Waals surface area contributed by atoms with E-state index >= 15 is 0 Å². The van der Waals surface area contributed by atoms with Crippen LogP contribution in [0.15, 0.2) is 23.1 Å². The number of thioether (sulfide) groups is 1. The minimum atomic E-state index is -0.675. The molecule has 1 rings (SSSR count). The van der Waals surface area contributed by atoms with Crippen molar-refractivity contribution in [2.75, 3.05) is 5.75 Å². The Kier molecular flexibility index (Phi) is 3.25. The summed E-state index contributed by atoms with van der Waals surface area (Å²) in [4.78, 5) is 10.2. The van der Waals surface area contributed by atoms with Gasteiger partial charge in [0.15, 0.2) is 0 Å². The van der Waals surface area contributed by atoms with Gasteiger partial charge in [-0.2, -0.15) is 0 Å². The molecule has 5 heteroatoms. The number of amides is 1. The zero-order chi connectivity index (χ0) is 9.84. The first kappa shape index (κ1) is 9.98. The van der Waals surface area contributed by atoms with Gasteiger partial charge in [-0.15, -0.1) is 11.8 Å². The van der Waals surface area contributed by atoms with Crippen LogP contribution in [0.2, 0.25) is 0 Å². The van der Waals surface area contributed by atoms with E-state index in [9.17, 15) is 13.6 Å². The third-order valence-corrected chi connectivity index (χ3v) is 2.39. The molecule has 0 unspecified atom stereocenters. The number of carbonyl (C=O) groups is 1. The predicted octanol–water partition coefficient (Wildman–Crippen LogP) is 1.54. The third-order valence-electron chi connectivity index (χ3n) is 1.28. The second-order valence-corrected chi connectivity index (χ2v) is 3.29. The molecule has 0 fully saturated rings. The molecule has 0 atom stereocenters. The Hall–Kier alpha value is -1.10. The van der Waals surface area contributed by atoms with Gasteiger partial charge in [0.05, 0.1) is 10.6 Å². The lowest BCUT2D eigenvalue weighted by Gasteiger charge is -2.01. The summed E-state index contributed by atoms with van der Waals surface area (Å²) in [7, 11) is 0. The van der Waals surface area contributed by atoms with Crippen LogP contribution in [0.1, 0.15) is 0 Å². The van der Waals surface area contributed by atoms with E-state index in [1.54, 1.807) is 0 Å². The summed E-state index contributed by atoms with van der Waals surface area (Å²) in [6.07, 6.45) is 0. The van der Waals surface area contributed by atoms with Crippen LogP contribution >= 0.6 is 11.8 Å². The number of halogens is 2. The highest BCUT2D eigenvalue weighted by molar-refractivity contribution is 8.00. The highest BCUT2D eigenvalue weighted by Gasteiger charge is 2.09. The summed E-state index contributed by atoms with van der Waals surface area (Å²) in [6, 6.07) is 3.53. The molecule has 0 aromatic heterocycles. The fourth-order valence-corrected chi connectivity index (χ4v) is 1.46. The SMILES string of the molecule is NC(=O)CSc1c(F)cccc1F. The molecule has 0 radical (unpaired) electrons. The molecule has 0 aliphatic carbocycles. The number of nitrogens with two attached hydrogens (primary N) is 1. The van der Waals surface area contributed by atoms with Crippen LogP contribution in [0.3, 0.4) is 0 Å². The molecule has 2 N–H and O–H groups in total. The molecule has 0 saturated heterocycles. The monoisotopic (exact) mass is 203 g/mol. The first-order chi connectivity index (χ1) is 6.11. The van der Waals surface area contributed by atoms with E-state index in [4.69, 9.17) is 5.73 Å². The zero-order valence-corrected chi connectivity index (χ0v) is 7.41. The van der Waals surface area contributed by atoms with E-state index in [0.717, 1.165) is 23.9 Å². The number of primary amides is 1. The quantitative estimate of drug-likeness (QED) is 0.757. The molecule has 1 aromatic carbocycles. The van der Waals surface area contributed by atoms with Crippen LogP contribution in [-0.2, 0) is 4.79 Å². The number of rotatable bonds is 3. The average molecular weight is 203 g/mol. The normalized spacial score (nSPS) is 10.0. The topological polar surface area (TPSA) is 43.1 Å². The molecule has 0 bridgehead atoms. The summed E-state index contributed by atoms with van der Waals surface area (Å²) in [5, 5.41) is 0. The van der Waals surface area contributed by atoms with E-state index < -0.39 is 17.5 Å². The van der Waals surface area contributed by atoms with E-state index in [2.05, 4.69) is 0 Å². The van der Waals surface area contributed by atoms with E-state index in [1.165, 1.54) is 6.07 Å². The summed E-state index contributed by atoms with van der Waals surface area (Å²) in [5.74, 6) is -2.08. The van der Waals surface area contributed by atoms with Gasteiger partial charge >= 0.3 is 0 Å². The fraction of sp³-hybridized carbons (Fsp3) is 0.125. The molecule has 0 aliphatic rings. The van der Waals surface area contributed by atoms with Crippen molar-refractivity contribution in [1.82, 2.24) is 0 Å². The van der Waals surface area contributed by atoms with Crippen LogP contribution in [0.4, 0.5) is 8.78 Å². The van der Waals surface area contributed by atoms with Gasteiger partial charge in [0.1, 0.15) is 11.6 Å². The zero-order valence-electron chi connectivity index (χ0n) is 6.59. The summed E-state index contributed by atoms with van der Waals surface area (Å²) in [5.41, 5.74) is 4.84.